The Balaban J connectivity index is 2.35. The number of hydrogen-bond donors (Lipinski definition) is 2. The summed E-state index contributed by atoms with van der Waals surface area (Å²) in [5.41, 5.74) is 1.39. The van der Waals surface area contributed by atoms with E-state index in [9.17, 15) is 0 Å². The van der Waals surface area contributed by atoms with Gasteiger partial charge in [-0.05, 0) is 48.3 Å². The maximum atomic E-state index is 4.30. The number of guanidine groups is 1. The number of thiophene rings is 1. The molecule has 0 saturated carbocycles. The molecule has 120 valence electrons. The summed E-state index contributed by atoms with van der Waals surface area (Å²) in [6.45, 7) is 12.9. The minimum atomic E-state index is 0.495. The van der Waals surface area contributed by atoms with E-state index in [4.69, 9.17) is 0 Å². The Bertz CT molecular complexity index is 398. The van der Waals surface area contributed by atoms with Gasteiger partial charge in [-0.3, -0.25) is 9.89 Å². The van der Waals surface area contributed by atoms with Crippen molar-refractivity contribution in [3.63, 3.8) is 0 Å². The second-order valence-electron chi connectivity index (χ2n) is 5.36. The SMILES string of the molecule is CCN(CC)C(C)CNC(=NC)NCC(C)c1ccsc1. The van der Waals surface area contributed by atoms with Crippen LogP contribution in [-0.4, -0.2) is 50.1 Å². The molecule has 2 unspecified atom stereocenters. The molecule has 0 radical (unpaired) electrons. The van der Waals surface area contributed by atoms with Crippen LogP contribution in [0.25, 0.3) is 0 Å². The van der Waals surface area contributed by atoms with Crippen LogP contribution in [0.1, 0.15) is 39.2 Å². The van der Waals surface area contributed by atoms with Crippen molar-refractivity contribution in [2.45, 2.75) is 39.7 Å². The standard InChI is InChI=1S/C16H30N4S/c1-6-20(7-2)14(4)11-19-16(17-5)18-10-13(3)15-8-9-21-12-15/h8-9,12-14H,6-7,10-11H2,1-5H3,(H2,17,18,19). The van der Waals surface area contributed by atoms with Gasteiger partial charge in [-0.2, -0.15) is 11.3 Å². The zero-order valence-electron chi connectivity index (χ0n) is 14.0. The molecule has 1 aromatic heterocycles. The number of nitrogens with one attached hydrogen (secondary N) is 2. The van der Waals surface area contributed by atoms with Crippen molar-refractivity contribution in [3.05, 3.63) is 22.4 Å². The van der Waals surface area contributed by atoms with Crippen molar-refractivity contribution in [1.82, 2.24) is 15.5 Å². The van der Waals surface area contributed by atoms with E-state index in [2.05, 4.69) is 65.0 Å². The molecule has 0 aliphatic carbocycles. The van der Waals surface area contributed by atoms with Crippen LogP contribution in [-0.2, 0) is 0 Å². The molecule has 0 aromatic carbocycles. The molecule has 1 aromatic rings. The average molecular weight is 311 g/mol. The highest BCUT2D eigenvalue weighted by Gasteiger charge is 2.11. The third-order valence-corrected chi connectivity index (χ3v) is 4.61. The third-order valence-electron chi connectivity index (χ3n) is 3.91. The van der Waals surface area contributed by atoms with Crippen LogP contribution >= 0.6 is 11.3 Å². The molecule has 0 fully saturated rings. The lowest BCUT2D eigenvalue weighted by molar-refractivity contribution is 0.231. The van der Waals surface area contributed by atoms with Gasteiger partial charge in [-0.1, -0.05) is 20.8 Å². The molecular weight excluding hydrogens is 280 g/mol. The normalized spacial score (nSPS) is 15.0. The van der Waals surface area contributed by atoms with Gasteiger partial charge in [0.15, 0.2) is 5.96 Å². The Morgan fingerprint density at radius 3 is 2.43 bits per heavy atom. The van der Waals surface area contributed by atoms with E-state index in [-0.39, 0.29) is 0 Å². The van der Waals surface area contributed by atoms with Crippen molar-refractivity contribution in [3.8, 4) is 0 Å². The Morgan fingerprint density at radius 1 is 1.24 bits per heavy atom. The predicted octanol–water partition coefficient (Wildman–Crippen LogP) is 2.75. The van der Waals surface area contributed by atoms with Gasteiger partial charge in [0.1, 0.15) is 0 Å². The fraction of sp³-hybridized carbons (Fsp3) is 0.688. The Labute approximate surface area is 133 Å². The summed E-state index contributed by atoms with van der Waals surface area (Å²) in [5.74, 6) is 1.38. The molecule has 1 rings (SSSR count). The van der Waals surface area contributed by atoms with Crippen LogP contribution in [0.5, 0.6) is 0 Å². The molecule has 0 spiro atoms. The fourth-order valence-corrected chi connectivity index (χ4v) is 3.15. The summed E-state index contributed by atoms with van der Waals surface area (Å²) in [4.78, 5) is 6.74. The van der Waals surface area contributed by atoms with Crippen molar-refractivity contribution < 1.29 is 0 Å². The number of nitrogens with zero attached hydrogens (tertiary/aromatic N) is 2. The maximum Gasteiger partial charge on any atom is 0.191 e. The van der Waals surface area contributed by atoms with Gasteiger partial charge in [0.05, 0.1) is 0 Å². The van der Waals surface area contributed by atoms with Crippen LogP contribution < -0.4 is 10.6 Å². The molecule has 2 N–H and O–H groups in total. The van der Waals surface area contributed by atoms with Crippen molar-refractivity contribution in [1.29, 1.82) is 0 Å². The number of likely N-dealkylation sites (N-methyl/N-ethyl adjacent to an activating group) is 1. The number of hydrogen-bond acceptors (Lipinski definition) is 3. The molecule has 5 heteroatoms. The lowest BCUT2D eigenvalue weighted by Gasteiger charge is -2.27. The Kier molecular flexibility index (Phi) is 8.38. The van der Waals surface area contributed by atoms with E-state index in [0.29, 0.717) is 12.0 Å². The van der Waals surface area contributed by atoms with E-state index in [1.807, 2.05) is 7.05 Å². The van der Waals surface area contributed by atoms with Crippen LogP contribution in [0.4, 0.5) is 0 Å². The molecular formula is C16H30N4S. The molecule has 0 amide bonds. The van der Waals surface area contributed by atoms with Crippen molar-refractivity contribution in [2.24, 2.45) is 4.99 Å². The second-order valence-corrected chi connectivity index (χ2v) is 6.14. The molecule has 4 nitrogen and oxygen atoms in total. The van der Waals surface area contributed by atoms with Gasteiger partial charge in [0.2, 0.25) is 0 Å². The van der Waals surface area contributed by atoms with E-state index in [1.165, 1.54) is 5.56 Å². The van der Waals surface area contributed by atoms with Crippen molar-refractivity contribution in [2.75, 3.05) is 33.2 Å². The summed E-state index contributed by atoms with van der Waals surface area (Å²) in [5, 5.41) is 11.2. The van der Waals surface area contributed by atoms with Gasteiger partial charge in [0.25, 0.3) is 0 Å². The maximum absolute atomic E-state index is 4.30. The highest BCUT2D eigenvalue weighted by atomic mass is 32.1. The second kappa shape index (κ2) is 9.79. The zero-order valence-corrected chi connectivity index (χ0v) is 14.8. The first-order valence-electron chi connectivity index (χ1n) is 7.82. The van der Waals surface area contributed by atoms with E-state index < -0.39 is 0 Å². The van der Waals surface area contributed by atoms with Gasteiger partial charge in [-0.15, -0.1) is 0 Å². The summed E-state index contributed by atoms with van der Waals surface area (Å²) in [7, 11) is 1.83. The van der Waals surface area contributed by atoms with Crippen LogP contribution in [0.3, 0.4) is 0 Å². The molecule has 0 bridgehead atoms. The first-order chi connectivity index (χ1) is 10.1. The number of aliphatic imine (C=N–C) groups is 1. The van der Waals surface area contributed by atoms with Gasteiger partial charge in [0, 0.05) is 26.2 Å². The lowest BCUT2D eigenvalue weighted by Crippen LogP contribution is -2.46. The predicted molar refractivity (Wildman–Crippen MR) is 94.5 cm³/mol. The lowest BCUT2D eigenvalue weighted by atomic mass is 10.1. The fourth-order valence-electron chi connectivity index (χ4n) is 2.36. The molecule has 1 heterocycles. The Morgan fingerprint density at radius 2 is 1.90 bits per heavy atom. The smallest absolute Gasteiger partial charge is 0.191 e. The summed E-state index contributed by atoms with van der Waals surface area (Å²) < 4.78 is 0. The van der Waals surface area contributed by atoms with Gasteiger partial charge in [-0.25, -0.2) is 0 Å². The molecule has 0 saturated heterocycles. The van der Waals surface area contributed by atoms with Gasteiger partial charge < -0.3 is 10.6 Å². The molecule has 21 heavy (non-hydrogen) atoms. The van der Waals surface area contributed by atoms with Crippen molar-refractivity contribution >= 4 is 17.3 Å². The summed E-state index contributed by atoms with van der Waals surface area (Å²) in [6.07, 6.45) is 0. The molecule has 0 aliphatic rings. The van der Waals surface area contributed by atoms with E-state index in [0.717, 1.165) is 32.1 Å². The topological polar surface area (TPSA) is 39.7 Å². The summed E-state index contributed by atoms with van der Waals surface area (Å²) in [6, 6.07) is 2.70. The van der Waals surface area contributed by atoms with Crippen LogP contribution in [0, 0.1) is 0 Å². The van der Waals surface area contributed by atoms with Gasteiger partial charge >= 0.3 is 0 Å². The van der Waals surface area contributed by atoms with Crippen LogP contribution in [0.15, 0.2) is 21.8 Å². The summed E-state index contributed by atoms with van der Waals surface area (Å²) >= 11 is 1.75. The third kappa shape index (κ3) is 6.06. The Hall–Kier alpha value is -1.07. The molecule has 2 atom stereocenters. The minimum Gasteiger partial charge on any atom is -0.356 e. The monoisotopic (exact) mass is 310 g/mol. The molecule has 0 aliphatic heterocycles. The average Bonchev–Trinajstić information content (AvgIpc) is 3.02. The highest BCUT2D eigenvalue weighted by Crippen LogP contribution is 2.16. The quantitative estimate of drug-likeness (QED) is 0.573. The zero-order chi connectivity index (χ0) is 15.7. The first-order valence-corrected chi connectivity index (χ1v) is 8.77. The van der Waals surface area contributed by atoms with E-state index in [1.54, 1.807) is 11.3 Å². The first kappa shape index (κ1) is 18.0. The minimum absolute atomic E-state index is 0.495. The van der Waals surface area contributed by atoms with E-state index >= 15 is 0 Å². The van der Waals surface area contributed by atoms with Crippen LogP contribution in [0.2, 0.25) is 0 Å². The number of rotatable bonds is 8. The highest BCUT2D eigenvalue weighted by molar-refractivity contribution is 7.07. The largest absolute Gasteiger partial charge is 0.356 e.